The summed E-state index contributed by atoms with van der Waals surface area (Å²) in [6.45, 7) is 2.68. The number of halogens is 1. The standard InChI is InChI=1S/C13H24ClN/c14-9-8-12-5-4-10-15(11-12)13-6-2-1-3-7-13/h12-13H,1-11H2. The van der Waals surface area contributed by atoms with Gasteiger partial charge in [-0.15, -0.1) is 11.6 Å². The molecule has 1 saturated heterocycles. The van der Waals surface area contributed by atoms with Crippen LogP contribution in [0.4, 0.5) is 0 Å². The normalized spacial score (nSPS) is 30.6. The second-order valence-electron chi connectivity index (χ2n) is 5.27. The van der Waals surface area contributed by atoms with Gasteiger partial charge in [-0.3, -0.25) is 0 Å². The summed E-state index contributed by atoms with van der Waals surface area (Å²) in [5.41, 5.74) is 0. The zero-order chi connectivity index (χ0) is 10.5. The van der Waals surface area contributed by atoms with Gasteiger partial charge in [0, 0.05) is 18.5 Å². The molecule has 0 radical (unpaired) electrons. The Labute approximate surface area is 99.2 Å². The third kappa shape index (κ3) is 3.35. The molecule has 0 aromatic rings. The van der Waals surface area contributed by atoms with Crippen LogP contribution in [-0.4, -0.2) is 29.9 Å². The number of piperidine rings is 1. The Morgan fingerprint density at radius 2 is 1.80 bits per heavy atom. The van der Waals surface area contributed by atoms with Crippen molar-refractivity contribution in [1.29, 1.82) is 0 Å². The van der Waals surface area contributed by atoms with E-state index in [4.69, 9.17) is 11.6 Å². The van der Waals surface area contributed by atoms with Crippen molar-refractivity contribution in [3.05, 3.63) is 0 Å². The molecule has 1 saturated carbocycles. The van der Waals surface area contributed by atoms with Gasteiger partial charge in [-0.2, -0.15) is 0 Å². The molecular weight excluding hydrogens is 206 g/mol. The zero-order valence-electron chi connectivity index (χ0n) is 9.76. The van der Waals surface area contributed by atoms with Crippen molar-refractivity contribution in [1.82, 2.24) is 4.90 Å². The fourth-order valence-electron chi connectivity index (χ4n) is 3.27. The molecule has 1 nitrogen and oxygen atoms in total. The van der Waals surface area contributed by atoms with Gasteiger partial charge >= 0.3 is 0 Å². The molecule has 2 fully saturated rings. The maximum absolute atomic E-state index is 5.85. The van der Waals surface area contributed by atoms with Gasteiger partial charge in [0.15, 0.2) is 0 Å². The van der Waals surface area contributed by atoms with Crippen LogP contribution in [0.2, 0.25) is 0 Å². The Morgan fingerprint density at radius 1 is 1.00 bits per heavy atom. The largest absolute Gasteiger partial charge is 0.300 e. The number of alkyl halides is 1. The summed E-state index contributed by atoms with van der Waals surface area (Å²) in [6.07, 6.45) is 11.3. The molecule has 2 rings (SSSR count). The lowest BCUT2D eigenvalue weighted by Crippen LogP contribution is -2.43. The van der Waals surface area contributed by atoms with E-state index in [2.05, 4.69) is 4.90 Å². The maximum Gasteiger partial charge on any atom is 0.0226 e. The minimum absolute atomic E-state index is 0.850. The molecule has 1 aliphatic heterocycles. The summed E-state index contributed by atoms with van der Waals surface area (Å²) in [5, 5.41) is 0. The second-order valence-corrected chi connectivity index (χ2v) is 5.65. The van der Waals surface area contributed by atoms with Crippen LogP contribution < -0.4 is 0 Å². The van der Waals surface area contributed by atoms with Gasteiger partial charge in [-0.25, -0.2) is 0 Å². The van der Waals surface area contributed by atoms with Gasteiger partial charge < -0.3 is 4.90 Å². The van der Waals surface area contributed by atoms with E-state index in [1.54, 1.807) is 0 Å². The fourth-order valence-corrected chi connectivity index (χ4v) is 3.57. The van der Waals surface area contributed by atoms with Gasteiger partial charge in [0.05, 0.1) is 0 Å². The highest BCUT2D eigenvalue weighted by Gasteiger charge is 2.26. The van der Waals surface area contributed by atoms with E-state index in [-0.39, 0.29) is 0 Å². The Balaban J connectivity index is 1.80. The summed E-state index contributed by atoms with van der Waals surface area (Å²) in [7, 11) is 0. The zero-order valence-corrected chi connectivity index (χ0v) is 10.5. The first kappa shape index (κ1) is 11.7. The number of rotatable bonds is 3. The molecule has 1 unspecified atom stereocenters. The predicted octanol–water partition coefficient (Wildman–Crippen LogP) is 3.66. The van der Waals surface area contributed by atoms with E-state index in [1.807, 2.05) is 0 Å². The highest BCUT2D eigenvalue weighted by molar-refractivity contribution is 6.17. The lowest BCUT2D eigenvalue weighted by Gasteiger charge is -2.40. The van der Waals surface area contributed by atoms with E-state index in [9.17, 15) is 0 Å². The summed E-state index contributed by atoms with van der Waals surface area (Å²) >= 11 is 5.85. The monoisotopic (exact) mass is 229 g/mol. The van der Waals surface area contributed by atoms with Gasteiger partial charge in [-0.05, 0) is 44.6 Å². The molecule has 1 aliphatic carbocycles. The molecule has 1 atom stereocenters. The Hall–Kier alpha value is 0.250. The summed E-state index contributed by atoms with van der Waals surface area (Å²) in [6, 6.07) is 0.914. The molecule has 0 amide bonds. The van der Waals surface area contributed by atoms with E-state index in [0.717, 1.165) is 17.8 Å². The van der Waals surface area contributed by atoms with Crippen LogP contribution in [0.1, 0.15) is 51.4 Å². The highest BCUT2D eigenvalue weighted by Crippen LogP contribution is 2.28. The Bertz CT molecular complexity index is 175. The first-order valence-electron chi connectivity index (χ1n) is 6.70. The van der Waals surface area contributed by atoms with Crippen molar-refractivity contribution in [2.24, 2.45) is 5.92 Å². The first-order valence-corrected chi connectivity index (χ1v) is 7.23. The van der Waals surface area contributed by atoms with E-state index in [1.165, 1.54) is 64.5 Å². The van der Waals surface area contributed by atoms with E-state index in [0.29, 0.717) is 0 Å². The topological polar surface area (TPSA) is 3.24 Å². The summed E-state index contributed by atoms with van der Waals surface area (Å²) in [5.74, 6) is 1.74. The molecule has 1 heterocycles. The van der Waals surface area contributed by atoms with Crippen LogP contribution >= 0.6 is 11.6 Å². The lowest BCUT2D eigenvalue weighted by atomic mass is 9.89. The average Bonchev–Trinajstić information content (AvgIpc) is 2.31. The van der Waals surface area contributed by atoms with Crippen LogP contribution in [0.15, 0.2) is 0 Å². The van der Waals surface area contributed by atoms with Crippen LogP contribution in [0, 0.1) is 5.92 Å². The van der Waals surface area contributed by atoms with Gasteiger partial charge in [0.2, 0.25) is 0 Å². The van der Waals surface area contributed by atoms with E-state index < -0.39 is 0 Å². The Morgan fingerprint density at radius 3 is 2.53 bits per heavy atom. The highest BCUT2D eigenvalue weighted by atomic mass is 35.5. The third-order valence-electron chi connectivity index (χ3n) is 4.16. The third-order valence-corrected chi connectivity index (χ3v) is 4.38. The van der Waals surface area contributed by atoms with Crippen molar-refractivity contribution < 1.29 is 0 Å². The minimum atomic E-state index is 0.850. The second kappa shape index (κ2) is 6.10. The SMILES string of the molecule is ClCCC1CCCN(C2CCCCC2)C1. The smallest absolute Gasteiger partial charge is 0.0226 e. The fraction of sp³-hybridized carbons (Fsp3) is 1.00. The van der Waals surface area contributed by atoms with Gasteiger partial charge in [0.25, 0.3) is 0 Å². The number of hydrogen-bond acceptors (Lipinski definition) is 1. The van der Waals surface area contributed by atoms with Gasteiger partial charge in [-0.1, -0.05) is 19.3 Å². The number of likely N-dealkylation sites (tertiary alicyclic amines) is 1. The molecule has 88 valence electrons. The minimum Gasteiger partial charge on any atom is -0.300 e. The average molecular weight is 230 g/mol. The van der Waals surface area contributed by atoms with Crippen molar-refractivity contribution in [3.8, 4) is 0 Å². The number of nitrogens with zero attached hydrogens (tertiary/aromatic N) is 1. The molecule has 2 aliphatic rings. The quantitative estimate of drug-likeness (QED) is 0.668. The molecule has 0 aromatic heterocycles. The lowest BCUT2D eigenvalue weighted by molar-refractivity contribution is 0.0974. The molecule has 0 bridgehead atoms. The van der Waals surface area contributed by atoms with Gasteiger partial charge in [0.1, 0.15) is 0 Å². The molecular formula is C13H24ClN. The van der Waals surface area contributed by atoms with E-state index >= 15 is 0 Å². The van der Waals surface area contributed by atoms with Crippen molar-refractivity contribution >= 4 is 11.6 Å². The molecule has 0 aromatic carbocycles. The van der Waals surface area contributed by atoms with Crippen LogP contribution in [-0.2, 0) is 0 Å². The van der Waals surface area contributed by atoms with Crippen LogP contribution in [0.25, 0.3) is 0 Å². The summed E-state index contributed by atoms with van der Waals surface area (Å²) in [4.78, 5) is 2.76. The molecule has 0 N–H and O–H groups in total. The molecule has 2 heteroatoms. The van der Waals surface area contributed by atoms with Crippen LogP contribution in [0.3, 0.4) is 0 Å². The van der Waals surface area contributed by atoms with Crippen molar-refractivity contribution in [2.75, 3.05) is 19.0 Å². The van der Waals surface area contributed by atoms with Crippen LogP contribution in [0.5, 0.6) is 0 Å². The van der Waals surface area contributed by atoms with Crippen molar-refractivity contribution in [3.63, 3.8) is 0 Å². The summed E-state index contributed by atoms with van der Waals surface area (Å²) < 4.78 is 0. The Kier molecular flexibility index (Phi) is 4.77. The number of hydrogen-bond donors (Lipinski definition) is 0. The molecule has 15 heavy (non-hydrogen) atoms. The predicted molar refractivity (Wildman–Crippen MR) is 66.5 cm³/mol. The first-order chi connectivity index (χ1) is 7.40. The van der Waals surface area contributed by atoms with Crippen molar-refractivity contribution in [2.45, 2.75) is 57.4 Å². The maximum atomic E-state index is 5.85. The molecule has 0 spiro atoms.